The van der Waals surface area contributed by atoms with Gasteiger partial charge >= 0.3 is 0 Å². The first-order valence-corrected chi connectivity index (χ1v) is 6.49. The largest absolute Gasteiger partial charge is 0.362 e. The highest BCUT2D eigenvalue weighted by atomic mass is 32.2. The fourth-order valence-corrected chi connectivity index (χ4v) is 2.68. The lowest BCUT2D eigenvalue weighted by atomic mass is 9.97. The molecule has 1 unspecified atom stereocenters. The van der Waals surface area contributed by atoms with Crippen LogP contribution in [0.5, 0.6) is 0 Å². The summed E-state index contributed by atoms with van der Waals surface area (Å²) in [5.41, 5.74) is 0.388. The quantitative estimate of drug-likeness (QED) is 0.760. The highest BCUT2D eigenvalue weighted by molar-refractivity contribution is 8.13. The van der Waals surface area contributed by atoms with Crippen LogP contribution in [0.3, 0.4) is 0 Å². The Morgan fingerprint density at radius 3 is 2.71 bits per heavy atom. The molecule has 1 N–H and O–H groups in total. The molecule has 1 aliphatic carbocycles. The minimum absolute atomic E-state index is 0.388. The maximum atomic E-state index is 4.60. The maximum absolute atomic E-state index is 4.60. The zero-order valence-corrected chi connectivity index (χ0v) is 10.2. The summed E-state index contributed by atoms with van der Waals surface area (Å²) in [6.45, 7) is 7.81. The summed E-state index contributed by atoms with van der Waals surface area (Å²) in [6, 6.07) is 0.627. The van der Waals surface area contributed by atoms with E-state index < -0.39 is 0 Å². The van der Waals surface area contributed by atoms with E-state index in [1.165, 1.54) is 23.8 Å². The predicted molar refractivity (Wildman–Crippen MR) is 63.9 cm³/mol. The molecule has 0 aromatic rings. The van der Waals surface area contributed by atoms with Gasteiger partial charge in [0.05, 0.1) is 0 Å². The lowest BCUT2D eigenvalue weighted by Crippen LogP contribution is -2.37. The van der Waals surface area contributed by atoms with Crippen LogP contribution in [0.25, 0.3) is 0 Å². The molecule has 0 spiro atoms. The Morgan fingerprint density at radius 2 is 2.21 bits per heavy atom. The molecule has 2 aliphatic rings. The van der Waals surface area contributed by atoms with Crippen LogP contribution in [-0.2, 0) is 0 Å². The zero-order chi connectivity index (χ0) is 10.2. The second-order valence-electron chi connectivity index (χ2n) is 5.34. The Labute approximate surface area is 90.9 Å². The molecular weight excluding hydrogens is 192 g/mol. The summed E-state index contributed by atoms with van der Waals surface area (Å²) in [7, 11) is 0. The third-order valence-corrected chi connectivity index (χ3v) is 4.38. The van der Waals surface area contributed by atoms with Crippen molar-refractivity contribution in [3.63, 3.8) is 0 Å². The first-order chi connectivity index (χ1) is 6.57. The van der Waals surface area contributed by atoms with Gasteiger partial charge in [-0.3, -0.25) is 4.99 Å². The molecule has 1 saturated carbocycles. The second-order valence-corrected chi connectivity index (χ2v) is 6.31. The first kappa shape index (κ1) is 10.3. The Bertz CT molecular complexity index is 244. The third kappa shape index (κ3) is 2.66. The van der Waals surface area contributed by atoms with Gasteiger partial charge in [-0.15, -0.1) is 0 Å². The number of hydrogen-bond acceptors (Lipinski definition) is 3. The summed E-state index contributed by atoms with van der Waals surface area (Å²) in [6.07, 6.45) is 2.80. The van der Waals surface area contributed by atoms with Gasteiger partial charge in [-0.1, -0.05) is 25.6 Å². The number of aliphatic imine (C=N–C) groups is 1. The SMILES string of the molecule is CC(NC1=NCC(C)(C)CS1)C1CC1. The van der Waals surface area contributed by atoms with Gasteiger partial charge in [-0.2, -0.15) is 0 Å². The molecule has 3 heteroatoms. The second kappa shape index (κ2) is 3.76. The molecule has 2 nitrogen and oxygen atoms in total. The van der Waals surface area contributed by atoms with Gasteiger partial charge < -0.3 is 5.32 Å². The average Bonchev–Trinajstić information content (AvgIpc) is 2.91. The van der Waals surface area contributed by atoms with Crippen molar-refractivity contribution in [1.82, 2.24) is 5.32 Å². The van der Waals surface area contributed by atoms with Crippen LogP contribution in [0, 0.1) is 11.3 Å². The lowest BCUT2D eigenvalue weighted by Gasteiger charge is -2.28. The lowest BCUT2D eigenvalue weighted by molar-refractivity contribution is 0.435. The van der Waals surface area contributed by atoms with Gasteiger partial charge in [-0.25, -0.2) is 0 Å². The fraction of sp³-hybridized carbons (Fsp3) is 0.909. The number of amidine groups is 1. The average molecular weight is 212 g/mol. The number of nitrogens with zero attached hydrogens (tertiary/aromatic N) is 1. The van der Waals surface area contributed by atoms with Crippen LogP contribution in [0.2, 0.25) is 0 Å². The number of rotatable bonds is 2. The highest BCUT2D eigenvalue weighted by Crippen LogP contribution is 2.33. The molecule has 1 aliphatic heterocycles. The summed E-state index contributed by atoms with van der Waals surface area (Å²) in [5, 5.41) is 4.70. The first-order valence-electron chi connectivity index (χ1n) is 5.51. The summed E-state index contributed by atoms with van der Waals surface area (Å²) < 4.78 is 0. The molecule has 0 saturated heterocycles. The van der Waals surface area contributed by atoms with Gasteiger partial charge in [0.1, 0.15) is 0 Å². The monoisotopic (exact) mass is 212 g/mol. The van der Waals surface area contributed by atoms with Crippen molar-refractivity contribution in [2.24, 2.45) is 16.3 Å². The Kier molecular flexibility index (Phi) is 2.78. The van der Waals surface area contributed by atoms with E-state index in [2.05, 4.69) is 31.1 Å². The summed E-state index contributed by atoms with van der Waals surface area (Å²) in [4.78, 5) is 4.60. The highest BCUT2D eigenvalue weighted by Gasteiger charge is 2.30. The van der Waals surface area contributed by atoms with Crippen molar-refractivity contribution >= 4 is 16.9 Å². The molecule has 0 aromatic heterocycles. The van der Waals surface area contributed by atoms with Gasteiger partial charge in [0.15, 0.2) is 5.17 Å². The molecule has 1 fully saturated rings. The molecular formula is C11H20N2S. The Morgan fingerprint density at radius 1 is 1.50 bits per heavy atom. The van der Waals surface area contributed by atoms with E-state index in [0.29, 0.717) is 11.5 Å². The van der Waals surface area contributed by atoms with Crippen LogP contribution < -0.4 is 5.32 Å². The number of hydrogen-bond donors (Lipinski definition) is 1. The van der Waals surface area contributed by atoms with Gasteiger partial charge in [0, 0.05) is 18.3 Å². The van der Waals surface area contributed by atoms with Crippen molar-refractivity contribution in [3.8, 4) is 0 Å². The topological polar surface area (TPSA) is 24.4 Å². The van der Waals surface area contributed by atoms with E-state index in [-0.39, 0.29) is 0 Å². The van der Waals surface area contributed by atoms with Gasteiger partial charge in [-0.05, 0) is 31.1 Å². The third-order valence-electron chi connectivity index (χ3n) is 2.93. The van der Waals surface area contributed by atoms with Crippen LogP contribution in [-0.4, -0.2) is 23.5 Å². The minimum atomic E-state index is 0.388. The van der Waals surface area contributed by atoms with E-state index >= 15 is 0 Å². The minimum Gasteiger partial charge on any atom is -0.362 e. The van der Waals surface area contributed by atoms with Crippen molar-refractivity contribution in [2.75, 3.05) is 12.3 Å². The molecule has 2 rings (SSSR count). The molecule has 0 amide bonds. The molecule has 1 atom stereocenters. The molecule has 0 aromatic carbocycles. The van der Waals surface area contributed by atoms with E-state index in [1.54, 1.807) is 0 Å². The Hall–Kier alpha value is -0.180. The van der Waals surface area contributed by atoms with Crippen LogP contribution >= 0.6 is 11.8 Å². The smallest absolute Gasteiger partial charge is 0.156 e. The summed E-state index contributed by atoms with van der Waals surface area (Å²) in [5.74, 6) is 2.10. The predicted octanol–water partition coefficient (Wildman–Crippen LogP) is 2.50. The van der Waals surface area contributed by atoms with E-state index in [4.69, 9.17) is 0 Å². The molecule has 0 bridgehead atoms. The van der Waals surface area contributed by atoms with Crippen LogP contribution in [0.1, 0.15) is 33.6 Å². The molecule has 14 heavy (non-hydrogen) atoms. The molecule has 80 valence electrons. The van der Waals surface area contributed by atoms with Crippen LogP contribution in [0.4, 0.5) is 0 Å². The molecule has 1 heterocycles. The standard InChI is InChI=1S/C11H20N2S/c1-8(9-4-5-9)13-10-12-6-11(2,3)7-14-10/h8-9H,4-7H2,1-3H3,(H,12,13). The fourth-order valence-electron chi connectivity index (χ4n) is 1.64. The van der Waals surface area contributed by atoms with Crippen molar-refractivity contribution in [2.45, 2.75) is 39.7 Å². The number of nitrogens with one attached hydrogen (secondary N) is 1. The van der Waals surface area contributed by atoms with E-state index in [1.807, 2.05) is 11.8 Å². The van der Waals surface area contributed by atoms with Crippen molar-refractivity contribution < 1.29 is 0 Å². The maximum Gasteiger partial charge on any atom is 0.156 e. The number of thioether (sulfide) groups is 1. The van der Waals surface area contributed by atoms with Crippen LogP contribution in [0.15, 0.2) is 4.99 Å². The Balaban J connectivity index is 1.84. The zero-order valence-electron chi connectivity index (χ0n) is 9.34. The molecule has 0 radical (unpaired) electrons. The van der Waals surface area contributed by atoms with Gasteiger partial charge in [0.2, 0.25) is 0 Å². The normalized spacial score (nSPS) is 28.1. The van der Waals surface area contributed by atoms with Crippen molar-refractivity contribution in [1.29, 1.82) is 0 Å². The van der Waals surface area contributed by atoms with Gasteiger partial charge in [0.25, 0.3) is 0 Å². The van der Waals surface area contributed by atoms with E-state index in [9.17, 15) is 0 Å². The summed E-state index contributed by atoms with van der Waals surface area (Å²) >= 11 is 1.88. The van der Waals surface area contributed by atoms with E-state index in [0.717, 1.165) is 12.5 Å². The van der Waals surface area contributed by atoms with Crippen molar-refractivity contribution in [3.05, 3.63) is 0 Å².